The lowest BCUT2D eigenvalue weighted by atomic mass is 9.72. The minimum atomic E-state index is -3.14. The summed E-state index contributed by atoms with van der Waals surface area (Å²) in [7, 11) is -3.14. The van der Waals surface area contributed by atoms with E-state index in [4.69, 9.17) is 4.98 Å². The molecule has 4 nitrogen and oxygen atoms in total. The first-order valence-corrected chi connectivity index (χ1v) is 31.8. The third-order valence-corrected chi connectivity index (χ3v) is 22.6. The fraction of sp³-hybridized carbons (Fsp3) is 0.312. The maximum Gasteiger partial charge on any atom is 0.179 e. The second kappa shape index (κ2) is 20.2. The molecule has 2 aromatic heterocycles. The van der Waals surface area contributed by atoms with Gasteiger partial charge in [0.15, 0.2) is 8.07 Å². The Labute approximate surface area is 491 Å². The maximum absolute atomic E-state index is 5.34. The molecule has 0 atom stereocenters. The Kier molecular flexibility index (Phi) is 13.9. The number of aromatic nitrogens is 2. The van der Waals surface area contributed by atoms with Crippen LogP contribution in [0.2, 0.25) is 0 Å². The van der Waals surface area contributed by atoms with E-state index >= 15 is 0 Å². The number of para-hydroxylation sites is 2. The SMILES string of the molecule is CC(C)(C)c1cc(N2CN(c3cccc([Si](c4ccccc4)(c4ccccc4)c4ccc5c6cc(C(C)(C)C)ccc6n(-c6cc(C(C)(C)c7cc(C(C)(C)C)cc(C(C)(C)C)c7)ccn6)c5c4)c3)c3ccccc32)cc(C(C)(C)C)c1. The van der Waals surface area contributed by atoms with Crippen LogP contribution < -0.4 is 30.5 Å². The fourth-order valence-corrected chi connectivity index (χ4v) is 17.3. The summed E-state index contributed by atoms with van der Waals surface area (Å²) in [6.07, 6.45) is 2.04. The van der Waals surface area contributed by atoms with Gasteiger partial charge in [0.1, 0.15) is 12.5 Å². The number of rotatable bonds is 9. The molecular formula is C77H86N4Si. The molecule has 5 heteroatoms. The molecular weight excluding hydrogens is 1010 g/mol. The lowest BCUT2D eigenvalue weighted by Gasteiger charge is -2.35. The van der Waals surface area contributed by atoms with E-state index in [-0.39, 0.29) is 32.5 Å². The minimum Gasteiger partial charge on any atom is -0.321 e. The van der Waals surface area contributed by atoms with Crippen LogP contribution in [0.5, 0.6) is 0 Å². The summed E-state index contributed by atoms with van der Waals surface area (Å²) in [6.45, 7) is 40.4. The largest absolute Gasteiger partial charge is 0.321 e. The molecule has 11 rings (SSSR count). The highest BCUT2D eigenvalue weighted by Crippen LogP contribution is 2.46. The van der Waals surface area contributed by atoms with Crippen LogP contribution in [-0.4, -0.2) is 24.3 Å². The molecule has 1 aliphatic heterocycles. The first-order valence-electron chi connectivity index (χ1n) is 29.8. The third-order valence-electron chi connectivity index (χ3n) is 17.9. The molecule has 0 amide bonds. The van der Waals surface area contributed by atoms with Crippen molar-refractivity contribution in [2.45, 2.75) is 150 Å². The van der Waals surface area contributed by atoms with E-state index in [1.807, 2.05) is 6.20 Å². The number of fused-ring (bicyclic) bond motifs is 4. The van der Waals surface area contributed by atoms with E-state index in [9.17, 15) is 0 Å². The van der Waals surface area contributed by atoms with E-state index in [1.165, 1.54) is 93.2 Å². The van der Waals surface area contributed by atoms with Gasteiger partial charge >= 0.3 is 0 Å². The molecule has 8 aromatic carbocycles. The van der Waals surface area contributed by atoms with E-state index in [1.54, 1.807) is 0 Å². The first-order chi connectivity index (χ1) is 38.5. The highest BCUT2D eigenvalue weighted by atomic mass is 28.3. The van der Waals surface area contributed by atoms with Gasteiger partial charge in [-0.05, 0) is 153 Å². The van der Waals surface area contributed by atoms with Crippen molar-refractivity contribution in [3.63, 3.8) is 0 Å². The number of hydrogen-bond donors (Lipinski definition) is 0. The van der Waals surface area contributed by atoms with Crippen molar-refractivity contribution in [3.05, 3.63) is 239 Å². The van der Waals surface area contributed by atoms with Crippen molar-refractivity contribution >= 4 is 73.4 Å². The van der Waals surface area contributed by atoms with E-state index in [0.717, 1.165) is 16.9 Å². The molecule has 10 aromatic rings. The summed E-state index contributed by atoms with van der Waals surface area (Å²) in [6, 6.07) is 75.1. The standard InChI is InChI=1S/C77H86N4Si/c1-72(2,3)52-35-38-67-66(47-52)65-37-36-64(50-70(65)81(67)71-48-53(39-40-78-71)77(16,17)58-43-54(73(4,5)6)41-55(44-58)74(7,8)9)82(61-28-20-18-21-29-61,62-30-22-19-23-31-62)63-32-26-27-59(49-63)79-51-80(69-34-25-24-33-68(69)79)60-45-56(75(10,11)12)42-57(46-60)76(13,14)15/h18-50H,51H2,1-17H3. The summed E-state index contributed by atoms with van der Waals surface area (Å²) in [4.78, 5) is 10.4. The molecule has 0 aliphatic carbocycles. The van der Waals surface area contributed by atoms with Crippen LogP contribution in [0.1, 0.15) is 157 Å². The third kappa shape index (κ3) is 10.1. The van der Waals surface area contributed by atoms with Gasteiger partial charge in [-0.3, -0.25) is 4.57 Å². The first kappa shape index (κ1) is 56.4. The fourth-order valence-electron chi connectivity index (χ4n) is 12.5. The van der Waals surface area contributed by atoms with Gasteiger partial charge in [0.25, 0.3) is 0 Å². The van der Waals surface area contributed by atoms with Gasteiger partial charge in [0.05, 0.1) is 22.4 Å². The van der Waals surface area contributed by atoms with Gasteiger partial charge in [-0.25, -0.2) is 4.98 Å². The van der Waals surface area contributed by atoms with Crippen molar-refractivity contribution < 1.29 is 0 Å². The Morgan fingerprint density at radius 1 is 0.329 bits per heavy atom. The van der Waals surface area contributed by atoms with Gasteiger partial charge in [-0.1, -0.05) is 245 Å². The average Bonchev–Trinajstić information content (AvgIpc) is 2.13. The molecule has 0 unspecified atom stereocenters. The predicted octanol–water partition coefficient (Wildman–Crippen LogP) is 17.6. The summed E-state index contributed by atoms with van der Waals surface area (Å²) in [5.41, 5.74) is 16.0. The summed E-state index contributed by atoms with van der Waals surface area (Å²) < 4.78 is 2.47. The zero-order valence-corrected chi connectivity index (χ0v) is 53.0. The quantitative estimate of drug-likeness (QED) is 0.106. The highest BCUT2D eigenvalue weighted by Gasteiger charge is 2.43. The number of hydrogen-bond acceptors (Lipinski definition) is 3. The number of pyridine rings is 1. The number of anilines is 4. The number of benzene rings is 8. The van der Waals surface area contributed by atoms with Gasteiger partial charge < -0.3 is 9.80 Å². The van der Waals surface area contributed by atoms with Crippen molar-refractivity contribution in [2.75, 3.05) is 16.5 Å². The lowest BCUT2D eigenvalue weighted by molar-refractivity contribution is 0.557. The molecule has 0 radical (unpaired) electrons. The molecule has 0 spiro atoms. The van der Waals surface area contributed by atoms with E-state index < -0.39 is 8.07 Å². The van der Waals surface area contributed by atoms with Crippen molar-refractivity contribution in [1.82, 2.24) is 9.55 Å². The van der Waals surface area contributed by atoms with Crippen molar-refractivity contribution in [2.24, 2.45) is 0 Å². The molecule has 418 valence electrons. The van der Waals surface area contributed by atoms with Crippen molar-refractivity contribution in [1.29, 1.82) is 0 Å². The van der Waals surface area contributed by atoms with Crippen LogP contribution in [0.15, 0.2) is 200 Å². The van der Waals surface area contributed by atoms with Crippen LogP contribution in [0.4, 0.5) is 22.7 Å². The zero-order chi connectivity index (χ0) is 58.5. The monoisotopic (exact) mass is 1090 g/mol. The van der Waals surface area contributed by atoms with Crippen LogP contribution in [0.3, 0.4) is 0 Å². The molecule has 0 saturated carbocycles. The average molecular weight is 1100 g/mol. The second-order valence-electron chi connectivity index (χ2n) is 29.2. The Hall–Kier alpha value is -7.47. The van der Waals surface area contributed by atoms with Crippen LogP contribution in [0.25, 0.3) is 27.6 Å². The Balaban J connectivity index is 1.13. The topological polar surface area (TPSA) is 24.3 Å². The molecule has 1 aliphatic rings. The van der Waals surface area contributed by atoms with Gasteiger partial charge in [0.2, 0.25) is 0 Å². The second-order valence-corrected chi connectivity index (χ2v) is 33.0. The smallest absolute Gasteiger partial charge is 0.179 e. The maximum atomic E-state index is 5.34. The summed E-state index contributed by atoms with van der Waals surface area (Å²) in [5.74, 6) is 0.919. The molecule has 82 heavy (non-hydrogen) atoms. The Bertz CT molecular complexity index is 3910. The zero-order valence-electron chi connectivity index (χ0n) is 52.0. The van der Waals surface area contributed by atoms with Gasteiger partial charge in [-0.2, -0.15) is 0 Å². The number of nitrogens with zero attached hydrogens (tertiary/aromatic N) is 4. The van der Waals surface area contributed by atoms with Crippen LogP contribution >= 0.6 is 0 Å². The van der Waals surface area contributed by atoms with Gasteiger partial charge in [-0.15, -0.1) is 0 Å². The minimum absolute atomic E-state index is 0.00186. The normalized spacial score (nSPS) is 13.8. The summed E-state index contributed by atoms with van der Waals surface area (Å²) >= 11 is 0. The van der Waals surface area contributed by atoms with Crippen LogP contribution in [-0.2, 0) is 32.5 Å². The predicted molar refractivity (Wildman–Crippen MR) is 356 cm³/mol. The van der Waals surface area contributed by atoms with Crippen LogP contribution in [0, 0.1) is 0 Å². The van der Waals surface area contributed by atoms with E-state index in [2.05, 4.69) is 326 Å². The molecule has 0 bridgehead atoms. The van der Waals surface area contributed by atoms with Crippen molar-refractivity contribution in [3.8, 4) is 5.82 Å². The molecule has 3 heterocycles. The lowest BCUT2D eigenvalue weighted by Crippen LogP contribution is -2.74. The Morgan fingerprint density at radius 2 is 0.805 bits per heavy atom. The highest BCUT2D eigenvalue weighted by molar-refractivity contribution is 7.20. The van der Waals surface area contributed by atoms with E-state index in [0.29, 0.717) is 6.67 Å². The molecule has 0 N–H and O–H groups in total. The van der Waals surface area contributed by atoms with Gasteiger partial charge in [0, 0.05) is 33.8 Å². The molecule has 0 fully saturated rings. The summed E-state index contributed by atoms with van der Waals surface area (Å²) in [5, 5.41) is 7.77. The Morgan fingerprint density at radius 3 is 1.34 bits per heavy atom. The molecule has 0 saturated heterocycles.